The van der Waals surface area contributed by atoms with Gasteiger partial charge in [-0.05, 0) is 30.9 Å². The van der Waals surface area contributed by atoms with Gasteiger partial charge in [-0.3, -0.25) is 9.67 Å². The molecule has 0 amide bonds. The summed E-state index contributed by atoms with van der Waals surface area (Å²) < 4.78 is 1.95. The Kier molecular flexibility index (Phi) is 9.93. The highest BCUT2D eigenvalue weighted by Gasteiger charge is 2.06. The molecule has 0 aromatic carbocycles. The van der Waals surface area contributed by atoms with Gasteiger partial charge in [0, 0.05) is 42.8 Å². The van der Waals surface area contributed by atoms with E-state index in [1.54, 1.807) is 11.3 Å². The van der Waals surface area contributed by atoms with Gasteiger partial charge < -0.3 is 10.6 Å². The summed E-state index contributed by atoms with van der Waals surface area (Å²) in [6.07, 6.45) is 4.82. The summed E-state index contributed by atoms with van der Waals surface area (Å²) in [5.74, 6) is 1.35. The van der Waals surface area contributed by atoms with E-state index in [4.69, 9.17) is 0 Å². The summed E-state index contributed by atoms with van der Waals surface area (Å²) in [5.41, 5.74) is 0. The summed E-state index contributed by atoms with van der Waals surface area (Å²) in [7, 11) is 0. The molecule has 2 rings (SSSR count). The summed E-state index contributed by atoms with van der Waals surface area (Å²) in [4.78, 5) is 6.07. The predicted molar refractivity (Wildman–Crippen MR) is 109 cm³/mol. The highest BCUT2D eigenvalue weighted by atomic mass is 127. The lowest BCUT2D eigenvalue weighted by Gasteiger charge is -2.13. The number of nitrogens with zero attached hydrogens (tertiary/aromatic N) is 3. The van der Waals surface area contributed by atoms with Gasteiger partial charge in [0.1, 0.15) is 0 Å². The number of rotatable bonds is 8. The molecule has 0 aliphatic rings. The van der Waals surface area contributed by atoms with Gasteiger partial charge in [-0.15, -0.1) is 35.3 Å². The van der Waals surface area contributed by atoms with E-state index >= 15 is 0 Å². The molecule has 2 N–H and O–H groups in total. The molecule has 128 valence electrons. The van der Waals surface area contributed by atoms with Crippen molar-refractivity contribution in [3.63, 3.8) is 0 Å². The van der Waals surface area contributed by atoms with Crippen LogP contribution in [0.2, 0.25) is 0 Å². The van der Waals surface area contributed by atoms with Gasteiger partial charge in [0.25, 0.3) is 0 Å². The fraction of sp³-hybridized carbons (Fsp3) is 0.500. The van der Waals surface area contributed by atoms with E-state index in [1.807, 2.05) is 23.1 Å². The first-order valence-corrected chi connectivity index (χ1v) is 8.70. The lowest BCUT2D eigenvalue weighted by Crippen LogP contribution is -2.38. The Labute approximate surface area is 159 Å². The molecule has 1 unspecified atom stereocenters. The lowest BCUT2D eigenvalue weighted by molar-refractivity contribution is 0.570. The van der Waals surface area contributed by atoms with E-state index in [0.29, 0.717) is 5.92 Å². The fourth-order valence-electron chi connectivity index (χ4n) is 2.11. The van der Waals surface area contributed by atoms with Crippen LogP contribution in [-0.4, -0.2) is 35.4 Å². The first kappa shape index (κ1) is 20.0. The van der Waals surface area contributed by atoms with Crippen LogP contribution in [0, 0.1) is 0 Å². The number of aryl methyl sites for hydroxylation is 1. The number of guanidine groups is 1. The molecule has 5 nitrogen and oxygen atoms in total. The molecule has 2 heterocycles. The molecule has 1 atom stereocenters. The first-order chi connectivity index (χ1) is 10.8. The van der Waals surface area contributed by atoms with Gasteiger partial charge >= 0.3 is 0 Å². The van der Waals surface area contributed by atoms with Crippen LogP contribution < -0.4 is 10.6 Å². The molecule has 2 aromatic rings. The Morgan fingerprint density at radius 3 is 2.91 bits per heavy atom. The minimum atomic E-state index is 0. The van der Waals surface area contributed by atoms with Crippen LogP contribution in [0.25, 0.3) is 0 Å². The molecular weight excluding hydrogens is 421 g/mol. The Balaban J connectivity index is 0.00000264. The maximum absolute atomic E-state index is 4.68. The van der Waals surface area contributed by atoms with Gasteiger partial charge in [-0.1, -0.05) is 13.0 Å². The number of aromatic nitrogens is 2. The Morgan fingerprint density at radius 2 is 2.26 bits per heavy atom. The van der Waals surface area contributed by atoms with Crippen molar-refractivity contribution in [3.05, 3.63) is 40.8 Å². The van der Waals surface area contributed by atoms with Crippen molar-refractivity contribution in [3.8, 4) is 0 Å². The third-order valence-corrected chi connectivity index (χ3v) is 4.42. The van der Waals surface area contributed by atoms with E-state index in [9.17, 15) is 0 Å². The van der Waals surface area contributed by atoms with Crippen LogP contribution in [0.4, 0.5) is 0 Å². The molecule has 0 saturated carbocycles. The van der Waals surface area contributed by atoms with Crippen LogP contribution in [0.3, 0.4) is 0 Å². The van der Waals surface area contributed by atoms with Crippen molar-refractivity contribution >= 4 is 41.3 Å². The Hall–Kier alpha value is -1.09. The number of nitrogens with one attached hydrogen (secondary N) is 2. The summed E-state index contributed by atoms with van der Waals surface area (Å²) in [5, 5.41) is 13.0. The van der Waals surface area contributed by atoms with Crippen molar-refractivity contribution in [2.45, 2.75) is 32.7 Å². The zero-order valence-electron chi connectivity index (χ0n) is 13.7. The number of hydrogen-bond acceptors (Lipinski definition) is 3. The van der Waals surface area contributed by atoms with E-state index < -0.39 is 0 Å². The molecule has 0 spiro atoms. The smallest absolute Gasteiger partial charge is 0.191 e. The Morgan fingerprint density at radius 1 is 1.39 bits per heavy atom. The van der Waals surface area contributed by atoms with E-state index in [1.165, 1.54) is 4.88 Å². The molecule has 0 saturated heterocycles. The number of hydrogen-bond donors (Lipinski definition) is 2. The van der Waals surface area contributed by atoms with Crippen molar-refractivity contribution in [1.82, 2.24) is 20.4 Å². The van der Waals surface area contributed by atoms with E-state index in [2.05, 4.69) is 52.1 Å². The molecule has 0 fully saturated rings. The third-order valence-electron chi connectivity index (χ3n) is 3.31. The second kappa shape index (κ2) is 11.4. The van der Waals surface area contributed by atoms with Gasteiger partial charge in [-0.25, -0.2) is 0 Å². The molecule has 0 aliphatic heterocycles. The van der Waals surface area contributed by atoms with Gasteiger partial charge in [0.2, 0.25) is 0 Å². The van der Waals surface area contributed by atoms with Crippen molar-refractivity contribution in [2.75, 3.05) is 19.6 Å². The van der Waals surface area contributed by atoms with Gasteiger partial charge in [0.15, 0.2) is 5.96 Å². The van der Waals surface area contributed by atoms with E-state index in [-0.39, 0.29) is 24.0 Å². The highest BCUT2D eigenvalue weighted by Crippen LogP contribution is 2.20. The molecule has 0 aliphatic carbocycles. The SMILES string of the molecule is CCNC(=NCC(C)c1cccs1)NCCCn1cccn1.I. The van der Waals surface area contributed by atoms with E-state index in [0.717, 1.165) is 38.6 Å². The third kappa shape index (κ3) is 7.34. The zero-order valence-corrected chi connectivity index (χ0v) is 16.9. The molecule has 23 heavy (non-hydrogen) atoms. The first-order valence-electron chi connectivity index (χ1n) is 7.82. The predicted octanol–water partition coefficient (Wildman–Crippen LogP) is 3.31. The standard InChI is InChI=1S/C16H25N5S.HI/c1-3-17-16(18-8-5-10-21-11-6-9-20-21)19-13-14(2)15-7-4-12-22-15;/h4,6-7,9,11-12,14H,3,5,8,10,13H2,1-2H3,(H2,17,18,19);1H. The van der Waals surface area contributed by atoms with Crippen molar-refractivity contribution < 1.29 is 0 Å². The normalized spacial score (nSPS) is 12.5. The maximum Gasteiger partial charge on any atom is 0.191 e. The summed E-state index contributed by atoms with van der Waals surface area (Å²) >= 11 is 1.80. The highest BCUT2D eigenvalue weighted by molar-refractivity contribution is 14.0. The zero-order chi connectivity index (χ0) is 15.6. The Bertz CT molecular complexity index is 539. The molecular formula is C16H26IN5S. The number of thiophene rings is 1. The lowest BCUT2D eigenvalue weighted by atomic mass is 10.1. The van der Waals surface area contributed by atoms with Crippen molar-refractivity contribution in [2.24, 2.45) is 4.99 Å². The summed E-state index contributed by atoms with van der Waals surface area (Å²) in [6.45, 7) is 7.79. The van der Waals surface area contributed by atoms with Crippen LogP contribution >= 0.6 is 35.3 Å². The molecule has 0 bridgehead atoms. The minimum absolute atomic E-state index is 0. The average Bonchev–Trinajstić information content (AvgIpc) is 3.21. The fourth-order valence-corrected chi connectivity index (χ4v) is 2.89. The average molecular weight is 447 g/mol. The number of aliphatic imine (C=N–C) groups is 1. The van der Waals surface area contributed by atoms with Crippen LogP contribution in [0.15, 0.2) is 41.0 Å². The van der Waals surface area contributed by atoms with Gasteiger partial charge in [-0.2, -0.15) is 5.10 Å². The second-order valence-corrected chi connectivity index (χ2v) is 6.16. The quantitative estimate of drug-likeness (QED) is 0.283. The second-order valence-electron chi connectivity index (χ2n) is 5.19. The van der Waals surface area contributed by atoms with Crippen LogP contribution in [0.5, 0.6) is 0 Å². The van der Waals surface area contributed by atoms with Crippen molar-refractivity contribution in [1.29, 1.82) is 0 Å². The topological polar surface area (TPSA) is 54.2 Å². The van der Waals surface area contributed by atoms with Crippen LogP contribution in [-0.2, 0) is 6.54 Å². The summed E-state index contributed by atoms with van der Waals surface area (Å²) in [6, 6.07) is 6.22. The van der Waals surface area contributed by atoms with Crippen LogP contribution in [0.1, 0.15) is 31.1 Å². The minimum Gasteiger partial charge on any atom is -0.357 e. The molecule has 7 heteroatoms. The molecule has 2 aromatic heterocycles. The monoisotopic (exact) mass is 447 g/mol. The maximum atomic E-state index is 4.68. The largest absolute Gasteiger partial charge is 0.357 e. The molecule has 0 radical (unpaired) electrons. The number of halogens is 1. The van der Waals surface area contributed by atoms with Gasteiger partial charge in [0.05, 0.1) is 6.54 Å².